The van der Waals surface area contributed by atoms with Gasteiger partial charge in [0.05, 0.1) is 36.4 Å². The molecular formula is C23H24ClFN4O4. The van der Waals surface area contributed by atoms with E-state index in [0.29, 0.717) is 41.3 Å². The van der Waals surface area contributed by atoms with Crippen LogP contribution in [-0.4, -0.2) is 52.9 Å². The summed E-state index contributed by atoms with van der Waals surface area (Å²) in [7, 11) is 1.53. The largest absolute Gasteiger partial charge is 0.493 e. The normalized spacial score (nSPS) is 14.1. The minimum absolute atomic E-state index is 0.00331. The molecule has 2 heterocycles. The molecule has 1 N–H and O–H groups in total. The van der Waals surface area contributed by atoms with Crippen molar-refractivity contribution < 1.29 is 23.4 Å². The number of aromatic nitrogens is 2. The molecule has 10 heteroatoms. The van der Waals surface area contributed by atoms with Crippen molar-refractivity contribution in [1.82, 2.24) is 14.9 Å². The Labute approximate surface area is 195 Å². The van der Waals surface area contributed by atoms with E-state index >= 15 is 0 Å². The molecular weight excluding hydrogens is 451 g/mol. The molecule has 3 aromatic rings. The lowest BCUT2D eigenvalue weighted by Gasteiger charge is -2.39. The fraction of sp³-hybridized carbons (Fsp3) is 0.348. The van der Waals surface area contributed by atoms with Gasteiger partial charge in [-0.2, -0.15) is 0 Å². The smallest absolute Gasteiger partial charge is 0.410 e. The first-order chi connectivity index (χ1) is 15.6. The first-order valence-corrected chi connectivity index (χ1v) is 10.7. The molecule has 0 atom stereocenters. The SMILES string of the molecule is COc1cc2ncnc(Nc3cccc(Cl)c3F)c2cc1OC1CN(C(=O)OC(C)(C)C)C1. The van der Waals surface area contributed by atoms with Crippen LogP contribution < -0.4 is 14.8 Å². The minimum atomic E-state index is -0.576. The second-order valence-corrected chi connectivity index (χ2v) is 9.00. The molecule has 1 aromatic heterocycles. The molecule has 2 aromatic carbocycles. The molecule has 0 radical (unpaired) electrons. The third kappa shape index (κ3) is 5.03. The van der Waals surface area contributed by atoms with Gasteiger partial charge in [0, 0.05) is 11.5 Å². The number of fused-ring (bicyclic) bond motifs is 1. The standard InChI is InChI=1S/C23H24ClFN4O4/c1-23(2,3)33-22(30)29-10-13(11-29)32-19-8-14-17(9-18(19)31-4)26-12-27-21(14)28-16-7-5-6-15(24)20(16)25/h5-9,12-13H,10-11H2,1-4H3,(H,26,27,28). The molecule has 0 saturated carbocycles. The predicted molar refractivity (Wildman–Crippen MR) is 123 cm³/mol. The summed E-state index contributed by atoms with van der Waals surface area (Å²) in [4.78, 5) is 22.3. The van der Waals surface area contributed by atoms with Crippen LogP contribution in [0, 0.1) is 5.82 Å². The molecule has 174 valence electrons. The van der Waals surface area contributed by atoms with Crippen LogP contribution in [0.25, 0.3) is 10.9 Å². The maximum atomic E-state index is 14.4. The number of carbonyl (C=O) groups excluding carboxylic acids is 1. The molecule has 1 aliphatic rings. The van der Waals surface area contributed by atoms with E-state index in [1.54, 1.807) is 29.2 Å². The number of likely N-dealkylation sites (tertiary alicyclic amines) is 1. The van der Waals surface area contributed by atoms with E-state index in [9.17, 15) is 9.18 Å². The van der Waals surface area contributed by atoms with E-state index in [4.69, 9.17) is 25.8 Å². The van der Waals surface area contributed by atoms with Crippen LogP contribution in [0.4, 0.5) is 20.7 Å². The summed E-state index contributed by atoms with van der Waals surface area (Å²) < 4.78 is 31.3. The van der Waals surface area contributed by atoms with E-state index < -0.39 is 11.4 Å². The maximum absolute atomic E-state index is 14.4. The highest BCUT2D eigenvalue weighted by Gasteiger charge is 2.35. The fourth-order valence-corrected chi connectivity index (χ4v) is 3.49. The summed E-state index contributed by atoms with van der Waals surface area (Å²) in [6.07, 6.45) is 0.768. The van der Waals surface area contributed by atoms with Crippen molar-refractivity contribution in [2.75, 3.05) is 25.5 Å². The molecule has 8 nitrogen and oxygen atoms in total. The van der Waals surface area contributed by atoms with Gasteiger partial charge in [0.1, 0.15) is 23.9 Å². The quantitative estimate of drug-likeness (QED) is 0.545. The van der Waals surface area contributed by atoms with Crippen molar-refractivity contribution in [2.24, 2.45) is 0 Å². The number of hydrogen-bond acceptors (Lipinski definition) is 7. The van der Waals surface area contributed by atoms with Crippen LogP contribution in [0.5, 0.6) is 11.5 Å². The summed E-state index contributed by atoms with van der Waals surface area (Å²) >= 11 is 5.89. The van der Waals surface area contributed by atoms with Crippen LogP contribution >= 0.6 is 11.6 Å². The third-order valence-corrected chi connectivity index (χ3v) is 5.21. The Morgan fingerprint density at radius 2 is 1.97 bits per heavy atom. The van der Waals surface area contributed by atoms with Gasteiger partial charge in [0.25, 0.3) is 0 Å². The number of nitrogens with zero attached hydrogens (tertiary/aromatic N) is 3. The number of ether oxygens (including phenoxy) is 3. The van der Waals surface area contributed by atoms with Gasteiger partial charge in [-0.1, -0.05) is 17.7 Å². The molecule has 1 aliphatic heterocycles. The van der Waals surface area contributed by atoms with Gasteiger partial charge in [-0.3, -0.25) is 0 Å². The monoisotopic (exact) mass is 474 g/mol. The van der Waals surface area contributed by atoms with E-state index in [1.165, 1.54) is 19.5 Å². The van der Waals surface area contributed by atoms with E-state index in [1.807, 2.05) is 20.8 Å². The lowest BCUT2D eigenvalue weighted by atomic mass is 10.1. The Kier molecular flexibility index (Phi) is 6.16. The van der Waals surface area contributed by atoms with Gasteiger partial charge in [-0.25, -0.2) is 19.2 Å². The third-order valence-electron chi connectivity index (χ3n) is 4.92. The van der Waals surface area contributed by atoms with Crippen molar-refractivity contribution in [3.05, 3.63) is 47.5 Å². The number of amides is 1. The number of hydrogen-bond donors (Lipinski definition) is 1. The van der Waals surface area contributed by atoms with Crippen LogP contribution in [-0.2, 0) is 4.74 Å². The van der Waals surface area contributed by atoms with Crippen LogP contribution in [0.1, 0.15) is 20.8 Å². The topological polar surface area (TPSA) is 85.8 Å². The Morgan fingerprint density at radius 3 is 2.67 bits per heavy atom. The summed E-state index contributed by atoms with van der Waals surface area (Å²) in [5.74, 6) is 0.755. The lowest BCUT2D eigenvalue weighted by molar-refractivity contribution is -0.0225. The number of rotatable bonds is 5. The molecule has 1 amide bonds. The molecule has 1 saturated heterocycles. The van der Waals surface area contributed by atoms with Crippen molar-refractivity contribution in [2.45, 2.75) is 32.5 Å². The minimum Gasteiger partial charge on any atom is -0.493 e. The zero-order valence-electron chi connectivity index (χ0n) is 18.7. The highest BCUT2D eigenvalue weighted by molar-refractivity contribution is 6.31. The number of halogens is 2. The van der Waals surface area contributed by atoms with Gasteiger partial charge < -0.3 is 24.4 Å². The van der Waals surface area contributed by atoms with Gasteiger partial charge in [0.15, 0.2) is 17.3 Å². The highest BCUT2D eigenvalue weighted by Crippen LogP contribution is 2.36. The summed E-state index contributed by atoms with van der Waals surface area (Å²) in [5.41, 5.74) is 0.215. The average Bonchev–Trinajstić information content (AvgIpc) is 2.72. The molecule has 0 spiro atoms. The first-order valence-electron chi connectivity index (χ1n) is 10.3. The Balaban J connectivity index is 1.56. The molecule has 4 rings (SSSR count). The van der Waals surface area contributed by atoms with E-state index in [2.05, 4.69) is 15.3 Å². The molecule has 1 fully saturated rings. The van der Waals surface area contributed by atoms with E-state index in [0.717, 1.165) is 0 Å². The van der Waals surface area contributed by atoms with Crippen molar-refractivity contribution in [1.29, 1.82) is 0 Å². The molecule has 0 unspecified atom stereocenters. The van der Waals surface area contributed by atoms with Gasteiger partial charge >= 0.3 is 6.09 Å². The zero-order valence-corrected chi connectivity index (χ0v) is 19.4. The molecule has 0 bridgehead atoms. The van der Waals surface area contributed by atoms with Gasteiger partial charge in [-0.15, -0.1) is 0 Å². The maximum Gasteiger partial charge on any atom is 0.410 e. The Bertz CT molecular complexity index is 1200. The number of carbonyl (C=O) groups is 1. The van der Waals surface area contributed by atoms with Crippen LogP contribution in [0.15, 0.2) is 36.7 Å². The summed E-state index contributed by atoms with van der Waals surface area (Å²) in [6, 6.07) is 8.12. The van der Waals surface area contributed by atoms with E-state index in [-0.39, 0.29) is 22.9 Å². The number of nitrogens with one attached hydrogen (secondary N) is 1. The lowest BCUT2D eigenvalue weighted by Crippen LogP contribution is -2.57. The summed E-state index contributed by atoms with van der Waals surface area (Å²) in [5, 5.41) is 3.58. The summed E-state index contributed by atoms with van der Waals surface area (Å²) in [6.45, 7) is 6.24. The molecule has 0 aliphatic carbocycles. The average molecular weight is 475 g/mol. The van der Waals surface area contributed by atoms with Gasteiger partial charge in [-0.05, 0) is 39.0 Å². The van der Waals surface area contributed by atoms with Crippen LogP contribution in [0.2, 0.25) is 5.02 Å². The van der Waals surface area contributed by atoms with Crippen molar-refractivity contribution in [3.8, 4) is 11.5 Å². The number of methoxy groups -OCH3 is 1. The zero-order chi connectivity index (χ0) is 23.8. The van der Waals surface area contributed by atoms with Crippen LogP contribution in [0.3, 0.4) is 0 Å². The number of benzene rings is 2. The number of anilines is 2. The highest BCUT2D eigenvalue weighted by atomic mass is 35.5. The second-order valence-electron chi connectivity index (χ2n) is 8.59. The first kappa shape index (κ1) is 22.8. The molecule has 33 heavy (non-hydrogen) atoms. The Morgan fingerprint density at radius 1 is 1.21 bits per heavy atom. The predicted octanol–water partition coefficient (Wildman–Crippen LogP) is 5.17. The van der Waals surface area contributed by atoms with Crippen molar-refractivity contribution in [3.63, 3.8) is 0 Å². The fourth-order valence-electron chi connectivity index (χ4n) is 3.31. The van der Waals surface area contributed by atoms with Crippen molar-refractivity contribution >= 4 is 40.1 Å². The second kappa shape index (κ2) is 8.90. The Hall–Kier alpha value is -3.33. The van der Waals surface area contributed by atoms with Gasteiger partial charge in [0.2, 0.25) is 0 Å².